The van der Waals surface area contributed by atoms with Crippen LogP contribution in [0.5, 0.6) is 0 Å². The van der Waals surface area contributed by atoms with Gasteiger partial charge in [0.1, 0.15) is 17.7 Å². The number of nitrogens with one attached hydrogen (secondary N) is 2. The van der Waals surface area contributed by atoms with E-state index in [0.29, 0.717) is 27.0 Å². The van der Waals surface area contributed by atoms with Crippen molar-refractivity contribution in [3.05, 3.63) is 58.1 Å². The van der Waals surface area contributed by atoms with Crippen molar-refractivity contribution in [1.82, 2.24) is 5.32 Å². The van der Waals surface area contributed by atoms with Crippen molar-refractivity contribution >= 4 is 52.5 Å². The van der Waals surface area contributed by atoms with Gasteiger partial charge in [0, 0.05) is 5.69 Å². The number of carbonyl (C=O) groups is 3. The van der Waals surface area contributed by atoms with Crippen molar-refractivity contribution < 1.29 is 23.9 Å². The van der Waals surface area contributed by atoms with Crippen molar-refractivity contribution in [3.8, 4) is 0 Å². The third-order valence-electron chi connectivity index (χ3n) is 4.81. The predicted octanol–water partition coefficient (Wildman–Crippen LogP) is 5.23. The fourth-order valence-corrected chi connectivity index (χ4v) is 3.73. The summed E-state index contributed by atoms with van der Waals surface area (Å²) < 4.78 is 10.8. The number of esters is 1. The molecule has 0 saturated carbocycles. The monoisotopic (exact) mass is 523 g/mol. The average molecular weight is 524 g/mol. The standard InChI is InChI=1S/C25H31Cl2N3O5/c1-14(2)22(21(23(28)32)30-24(33)35-25(3,4)5)34-19(31)13-15-9-6-7-12-18(15)29-20-16(26)10-8-11-17(20)27/h6-12,14,21-22,29H,13H2,1-5H3,(H2,28,32)(H,30,33)/t21-,22?/m0/s1. The Morgan fingerprint density at radius 3 is 2.14 bits per heavy atom. The van der Waals surface area contributed by atoms with Crippen LogP contribution in [-0.2, 0) is 25.5 Å². The van der Waals surface area contributed by atoms with Crippen LogP contribution in [0.15, 0.2) is 42.5 Å². The van der Waals surface area contributed by atoms with E-state index in [2.05, 4.69) is 10.6 Å². The molecule has 0 fully saturated rings. The average Bonchev–Trinajstić information content (AvgIpc) is 2.73. The lowest BCUT2D eigenvalue weighted by Gasteiger charge is -2.29. The highest BCUT2D eigenvalue weighted by molar-refractivity contribution is 6.39. The lowest BCUT2D eigenvalue weighted by atomic mass is 9.98. The molecule has 2 rings (SSSR count). The summed E-state index contributed by atoms with van der Waals surface area (Å²) in [5.41, 5.74) is 6.47. The first-order valence-electron chi connectivity index (χ1n) is 11.1. The Balaban J connectivity index is 2.19. The minimum atomic E-state index is -1.27. The Morgan fingerprint density at radius 2 is 1.60 bits per heavy atom. The van der Waals surface area contributed by atoms with Crippen LogP contribution in [0.3, 0.4) is 0 Å². The van der Waals surface area contributed by atoms with Crippen LogP contribution >= 0.6 is 23.2 Å². The largest absolute Gasteiger partial charge is 0.459 e. The molecular formula is C25H31Cl2N3O5. The minimum absolute atomic E-state index is 0.119. The zero-order valence-electron chi connectivity index (χ0n) is 20.4. The topological polar surface area (TPSA) is 120 Å². The minimum Gasteiger partial charge on any atom is -0.459 e. The molecule has 0 aliphatic carbocycles. The number of nitrogens with two attached hydrogens (primary N) is 1. The van der Waals surface area contributed by atoms with Gasteiger partial charge < -0.3 is 25.8 Å². The Kier molecular flexibility index (Phi) is 9.80. The second-order valence-corrected chi connectivity index (χ2v) is 10.1. The molecule has 0 aliphatic rings. The normalized spacial score (nSPS) is 13.0. The Morgan fingerprint density at radius 1 is 1.00 bits per heavy atom. The van der Waals surface area contributed by atoms with E-state index in [1.165, 1.54) is 0 Å². The van der Waals surface area contributed by atoms with E-state index < -0.39 is 35.7 Å². The number of rotatable bonds is 9. The van der Waals surface area contributed by atoms with Crippen molar-refractivity contribution in [3.63, 3.8) is 0 Å². The molecule has 0 heterocycles. The summed E-state index contributed by atoms with van der Waals surface area (Å²) in [5, 5.41) is 6.43. The molecule has 10 heteroatoms. The van der Waals surface area contributed by atoms with Crippen molar-refractivity contribution in [1.29, 1.82) is 0 Å². The molecule has 35 heavy (non-hydrogen) atoms. The number of hydrogen-bond donors (Lipinski definition) is 3. The van der Waals surface area contributed by atoms with Crippen LogP contribution in [-0.4, -0.2) is 35.7 Å². The van der Waals surface area contributed by atoms with E-state index >= 15 is 0 Å². The fourth-order valence-electron chi connectivity index (χ4n) is 3.24. The van der Waals surface area contributed by atoms with Crippen molar-refractivity contribution in [2.75, 3.05) is 5.32 Å². The van der Waals surface area contributed by atoms with Crippen LogP contribution in [0.4, 0.5) is 16.2 Å². The maximum absolute atomic E-state index is 12.9. The molecule has 0 spiro atoms. The van der Waals surface area contributed by atoms with Gasteiger partial charge in [-0.1, -0.05) is 61.3 Å². The second-order valence-electron chi connectivity index (χ2n) is 9.28. The van der Waals surface area contributed by atoms with Gasteiger partial charge in [-0.05, 0) is 50.5 Å². The number of hydrogen-bond acceptors (Lipinski definition) is 6. The first-order chi connectivity index (χ1) is 16.3. The second kappa shape index (κ2) is 12.1. The molecule has 0 saturated heterocycles. The molecule has 0 aliphatic heterocycles. The van der Waals surface area contributed by atoms with Gasteiger partial charge >= 0.3 is 12.1 Å². The van der Waals surface area contributed by atoms with Crippen LogP contribution in [0.1, 0.15) is 40.2 Å². The molecule has 1 unspecified atom stereocenters. The van der Waals surface area contributed by atoms with Gasteiger partial charge in [-0.15, -0.1) is 0 Å². The third kappa shape index (κ3) is 8.64. The van der Waals surface area contributed by atoms with E-state index in [1.54, 1.807) is 77.1 Å². The van der Waals surface area contributed by atoms with Crippen LogP contribution in [0.2, 0.25) is 10.0 Å². The number of primary amides is 1. The van der Waals surface area contributed by atoms with E-state index in [1.807, 2.05) is 0 Å². The summed E-state index contributed by atoms with van der Waals surface area (Å²) in [6.07, 6.45) is -1.97. The molecule has 0 aromatic heterocycles. The van der Waals surface area contributed by atoms with Crippen LogP contribution in [0.25, 0.3) is 0 Å². The highest BCUT2D eigenvalue weighted by atomic mass is 35.5. The third-order valence-corrected chi connectivity index (χ3v) is 5.44. The summed E-state index contributed by atoms with van der Waals surface area (Å²) in [6, 6.07) is 10.9. The Bertz CT molecular complexity index is 1050. The maximum Gasteiger partial charge on any atom is 0.408 e. The molecule has 0 bridgehead atoms. The summed E-state index contributed by atoms with van der Waals surface area (Å²) >= 11 is 12.5. The van der Waals surface area contributed by atoms with Crippen LogP contribution < -0.4 is 16.4 Å². The molecule has 2 amide bonds. The Hall–Kier alpha value is -2.97. The first kappa shape index (κ1) is 28.3. The predicted molar refractivity (Wildman–Crippen MR) is 137 cm³/mol. The van der Waals surface area contributed by atoms with Gasteiger partial charge in [0.2, 0.25) is 5.91 Å². The summed E-state index contributed by atoms with van der Waals surface area (Å²) in [7, 11) is 0. The first-order valence-corrected chi connectivity index (χ1v) is 11.8. The molecule has 190 valence electrons. The molecule has 2 aromatic carbocycles. The molecule has 4 N–H and O–H groups in total. The van der Waals surface area contributed by atoms with E-state index in [9.17, 15) is 14.4 Å². The van der Waals surface area contributed by atoms with Crippen molar-refractivity contribution in [2.45, 2.75) is 58.8 Å². The van der Waals surface area contributed by atoms with E-state index in [-0.39, 0.29) is 12.3 Å². The molecule has 0 radical (unpaired) electrons. The van der Waals surface area contributed by atoms with Gasteiger partial charge in [-0.3, -0.25) is 9.59 Å². The zero-order valence-corrected chi connectivity index (χ0v) is 21.9. The van der Waals surface area contributed by atoms with Gasteiger partial charge in [0.15, 0.2) is 0 Å². The zero-order chi connectivity index (χ0) is 26.3. The lowest BCUT2D eigenvalue weighted by molar-refractivity contribution is -0.153. The number of halogens is 2. The van der Waals surface area contributed by atoms with Gasteiger partial charge in [-0.2, -0.15) is 0 Å². The number of benzene rings is 2. The molecule has 2 atom stereocenters. The maximum atomic E-state index is 12.9. The number of amides is 2. The number of ether oxygens (including phenoxy) is 2. The lowest BCUT2D eigenvalue weighted by Crippen LogP contribution is -2.55. The van der Waals surface area contributed by atoms with Gasteiger partial charge in [0.05, 0.1) is 22.2 Å². The molecule has 2 aromatic rings. The number of alkyl carbamates (subject to hydrolysis) is 1. The highest BCUT2D eigenvalue weighted by Crippen LogP contribution is 2.33. The molecular weight excluding hydrogens is 493 g/mol. The molecule has 8 nitrogen and oxygen atoms in total. The fraction of sp³-hybridized carbons (Fsp3) is 0.400. The summed E-state index contributed by atoms with van der Waals surface area (Å²) in [5.74, 6) is -1.79. The highest BCUT2D eigenvalue weighted by Gasteiger charge is 2.35. The summed E-state index contributed by atoms with van der Waals surface area (Å²) in [4.78, 5) is 37.3. The number of anilines is 2. The quantitative estimate of drug-likeness (QED) is 0.387. The van der Waals surface area contributed by atoms with E-state index in [0.717, 1.165) is 0 Å². The Labute approximate surface area is 215 Å². The summed E-state index contributed by atoms with van der Waals surface area (Å²) in [6.45, 7) is 8.56. The smallest absolute Gasteiger partial charge is 0.408 e. The van der Waals surface area contributed by atoms with Crippen molar-refractivity contribution in [2.24, 2.45) is 11.7 Å². The van der Waals surface area contributed by atoms with E-state index in [4.69, 9.17) is 38.4 Å². The number of carbonyl (C=O) groups excluding carboxylic acids is 3. The SMILES string of the molecule is CC(C)C(OC(=O)Cc1ccccc1Nc1c(Cl)cccc1Cl)[C@H](NC(=O)OC(C)(C)C)C(N)=O. The number of para-hydroxylation sites is 2. The van der Waals surface area contributed by atoms with Crippen LogP contribution in [0, 0.1) is 5.92 Å². The van der Waals surface area contributed by atoms with Gasteiger partial charge in [0.25, 0.3) is 0 Å². The van der Waals surface area contributed by atoms with Gasteiger partial charge in [-0.25, -0.2) is 4.79 Å².